The lowest BCUT2D eigenvalue weighted by molar-refractivity contribution is -0.300. The molecule has 5 aliphatic rings. The molecule has 8 N–H and O–H groups in total. The quantitative estimate of drug-likeness (QED) is 0.0102. The summed E-state index contributed by atoms with van der Waals surface area (Å²) in [7, 11) is -1.56. The highest BCUT2D eigenvalue weighted by molar-refractivity contribution is 7.44. The molecule has 8 amide bonds. The molecule has 4 saturated heterocycles. The number of aliphatic hydroxyl groups is 1. The molecule has 766 valence electrons. The van der Waals surface area contributed by atoms with Gasteiger partial charge in [-0.2, -0.15) is 5.26 Å². The Balaban J connectivity index is 1.27. The van der Waals surface area contributed by atoms with Crippen LogP contribution < -0.4 is 37.2 Å². The zero-order valence-corrected chi connectivity index (χ0v) is 80.0. The summed E-state index contributed by atoms with van der Waals surface area (Å²) in [5.74, 6) is -12.2. The number of fused-ring (bicyclic) bond motifs is 1. The average Bonchev–Trinajstić information content (AvgIpc) is 0.785. The molecule has 135 heavy (non-hydrogen) atoms. The van der Waals surface area contributed by atoms with Crippen LogP contribution in [0.3, 0.4) is 0 Å². The van der Waals surface area contributed by atoms with E-state index in [1.807, 2.05) is 20.8 Å². The van der Waals surface area contributed by atoms with Gasteiger partial charge >= 0.3 is 47.8 Å². The van der Waals surface area contributed by atoms with Gasteiger partial charge in [0.1, 0.15) is 81.5 Å². The summed E-state index contributed by atoms with van der Waals surface area (Å²) in [6.07, 6.45) is -16.8. The van der Waals surface area contributed by atoms with Gasteiger partial charge in [0.25, 0.3) is 8.53 Å². The number of esters is 8. The van der Waals surface area contributed by atoms with Gasteiger partial charge in [-0.25, -0.2) is 4.67 Å². The van der Waals surface area contributed by atoms with Gasteiger partial charge in [0.15, 0.2) is 55.7 Å². The molecule has 0 aromatic rings. The molecule has 5 rings (SSSR count). The normalized spacial score (nSPS) is 25.8. The van der Waals surface area contributed by atoms with Crippen molar-refractivity contribution in [2.75, 3.05) is 158 Å². The molecule has 0 spiro atoms. The van der Waals surface area contributed by atoms with E-state index in [0.717, 1.165) is 60.3 Å². The number of carbonyl (C=O) groups excluding carboxylic acids is 16. The first-order chi connectivity index (χ1) is 64.2. The van der Waals surface area contributed by atoms with Crippen molar-refractivity contribution in [3.05, 3.63) is 0 Å². The molecule has 1 aliphatic carbocycles. The minimum atomic E-state index is -1.56. The number of nitriles is 1. The molecule has 1 saturated carbocycles. The lowest BCUT2D eigenvalue weighted by Crippen LogP contribution is -2.66. The zero-order chi connectivity index (χ0) is 99.8. The number of aliphatic hydroxyl groups excluding tert-OH is 1. The van der Waals surface area contributed by atoms with E-state index in [-0.39, 0.29) is 169 Å². The van der Waals surface area contributed by atoms with Gasteiger partial charge in [0.2, 0.25) is 47.3 Å². The molecule has 0 bridgehead atoms. The molecule has 4 aliphatic heterocycles. The lowest BCUT2D eigenvalue weighted by atomic mass is 9.75. The maximum atomic E-state index is 15.3. The number of nitrogens with zero attached hydrogens (tertiary/aromatic N) is 3. The van der Waals surface area contributed by atoms with Gasteiger partial charge in [-0.3, -0.25) is 76.7 Å². The Hall–Kier alpha value is -9.24. The van der Waals surface area contributed by atoms with Crippen molar-refractivity contribution >= 4 is 104 Å². The number of nitrogens with one attached hydrogen (secondary N) is 7. The predicted octanol–water partition coefficient (Wildman–Crippen LogP) is -2.59. The standard InChI is InChI=1S/C84H135N10O40P/c1-47(2)94-48(3)62-41-61(17-19-64(62)134-135(94)124-25-16-21-85)80(110)92-63(18-20-68(107)86-22-26-112-29-32-115-35-38-118-82-71(89-49(4)95)77(128-58(13)104)74(125-55(10)101)65(131-82)44-121-52(7)98)81(111)93(42-69(108)87-23-27-113-30-33-116-36-39-119-83-72(90-50(5)96)78(129-59(14)105)75(126-56(11)102)66(132-83)45-122-53(8)99)43-70(109)88-24-28-114-31-34-117-37-40-120-84-73(91-51(6)97)79(130-60(15)106)76(127-57(12)103)67(133-84)46-123-54(9)100/h47-48,56,61-67,71-79,82-84,102H,16-20,22-46H2,1-15H3,(H,86,107)(H,87,108)(H,88,109)(H,89,95)(H,90,96)(H,91,97)(H,92,110)/t48?,56?,61?,62?,63?,64-,65?,66?,67?,71?,72?,73?,74?,75?,76?,77?,78?,79?,82?,83?,84?,135?/m1/s1. The number of hydrogen-bond acceptors (Lipinski definition) is 42. The monoisotopic (exact) mass is 1950 g/mol. The molecule has 21 unspecified atom stereocenters. The van der Waals surface area contributed by atoms with E-state index in [2.05, 4.69) is 48.0 Å². The van der Waals surface area contributed by atoms with Crippen LogP contribution in [0.25, 0.3) is 0 Å². The third-order valence-electron chi connectivity index (χ3n) is 20.5. The maximum Gasteiger partial charge on any atom is 0.303 e. The molecule has 50 nitrogen and oxygen atoms in total. The Morgan fingerprint density at radius 1 is 0.459 bits per heavy atom. The average molecular weight is 1960 g/mol. The number of amides is 8. The van der Waals surface area contributed by atoms with E-state index < -0.39 is 247 Å². The minimum Gasteiger partial charge on any atom is -0.463 e. The molecule has 22 atom stereocenters. The Labute approximate surface area is 783 Å². The molecule has 4 heterocycles. The van der Waals surface area contributed by atoms with Gasteiger partial charge in [0, 0.05) is 126 Å². The Morgan fingerprint density at radius 2 is 0.815 bits per heavy atom. The first-order valence-corrected chi connectivity index (χ1v) is 45.6. The van der Waals surface area contributed by atoms with E-state index in [9.17, 15) is 82.3 Å². The Kier molecular flexibility index (Phi) is 53.9. The second kappa shape index (κ2) is 62.6. The number of carbonyl (C=O) groups is 16. The Bertz CT molecular complexity index is 3830. The molecule has 0 radical (unpaired) electrons. The fourth-order valence-corrected chi connectivity index (χ4v) is 17.0. The van der Waals surface area contributed by atoms with Crippen molar-refractivity contribution in [3.63, 3.8) is 0 Å². The lowest BCUT2D eigenvalue weighted by Gasteiger charge is -2.51. The van der Waals surface area contributed by atoms with Crippen LogP contribution in [0.15, 0.2) is 0 Å². The van der Waals surface area contributed by atoms with Crippen molar-refractivity contribution in [1.82, 2.24) is 46.8 Å². The van der Waals surface area contributed by atoms with E-state index in [1.54, 1.807) is 0 Å². The van der Waals surface area contributed by atoms with Crippen molar-refractivity contribution in [2.45, 2.75) is 265 Å². The van der Waals surface area contributed by atoms with E-state index in [0.29, 0.717) is 19.3 Å². The number of rotatable bonds is 60. The molecule has 5 fully saturated rings. The van der Waals surface area contributed by atoms with Gasteiger partial charge in [0.05, 0.1) is 124 Å². The third-order valence-corrected chi connectivity index (χ3v) is 22.5. The van der Waals surface area contributed by atoms with E-state index in [1.165, 1.54) is 27.7 Å². The van der Waals surface area contributed by atoms with Crippen LogP contribution in [0.5, 0.6) is 0 Å². The van der Waals surface area contributed by atoms with Gasteiger partial charge in [-0.05, 0) is 53.4 Å². The summed E-state index contributed by atoms with van der Waals surface area (Å²) in [5.41, 5.74) is 0. The largest absolute Gasteiger partial charge is 0.463 e. The highest BCUT2D eigenvalue weighted by Gasteiger charge is 2.55. The highest BCUT2D eigenvalue weighted by Crippen LogP contribution is 2.56. The molecule has 0 aromatic heterocycles. The number of hydrogen-bond donors (Lipinski definition) is 8. The minimum absolute atomic E-state index is 0.00620. The SMILES string of the molecule is CC(=O)NC1C(OCCOCCOCCNC(=O)CCC(NC(=O)C2CC[C@H]3OP(OCCC#N)N(C(C)C)C(C)C3C2)C(=O)N(CC(=O)NCCOCCOCCOC2OC(COC(C)=O)C(OC(C)=O)C(OC(C)=O)C2NC(C)=O)CC(=O)NCCOCCOCCOC2OC(COC(C)=O)C(OC(C)O)C(OC(C)=O)C2NC(C)=O)OC(COC(C)=O)C(OC(C)=O)C1OC(C)=O. The smallest absolute Gasteiger partial charge is 0.303 e. The van der Waals surface area contributed by atoms with Gasteiger partial charge in [-0.1, -0.05) is 0 Å². The summed E-state index contributed by atoms with van der Waals surface area (Å²) in [4.78, 5) is 207. The zero-order valence-electron chi connectivity index (χ0n) is 79.1. The van der Waals surface area contributed by atoms with Gasteiger partial charge < -0.3 is 156 Å². The molecule has 0 aromatic carbocycles. The maximum absolute atomic E-state index is 15.3. The van der Waals surface area contributed by atoms with E-state index in [4.69, 9.17) is 109 Å². The van der Waals surface area contributed by atoms with E-state index >= 15 is 4.79 Å². The van der Waals surface area contributed by atoms with Crippen molar-refractivity contribution in [2.24, 2.45) is 11.8 Å². The summed E-state index contributed by atoms with van der Waals surface area (Å²) < 4.78 is 133. The predicted molar refractivity (Wildman–Crippen MR) is 458 cm³/mol. The molecular weight excluding hydrogens is 1820 g/mol. The molecule has 51 heteroatoms. The molecular formula is C84H135N10O40P. The van der Waals surface area contributed by atoms with Crippen molar-refractivity contribution in [3.8, 4) is 6.07 Å². The fourth-order valence-electron chi connectivity index (χ4n) is 15.1. The third kappa shape index (κ3) is 43.6. The van der Waals surface area contributed by atoms with Crippen LogP contribution in [0.4, 0.5) is 0 Å². The van der Waals surface area contributed by atoms with Crippen LogP contribution in [0.1, 0.15) is 142 Å². The van der Waals surface area contributed by atoms with Crippen LogP contribution >= 0.6 is 8.53 Å². The van der Waals surface area contributed by atoms with Crippen LogP contribution in [0.2, 0.25) is 0 Å². The van der Waals surface area contributed by atoms with Crippen molar-refractivity contribution < 1.29 is 190 Å². The van der Waals surface area contributed by atoms with Crippen LogP contribution in [-0.2, 0) is 185 Å². The van der Waals surface area contributed by atoms with Crippen LogP contribution in [0, 0.1) is 23.2 Å². The van der Waals surface area contributed by atoms with Gasteiger partial charge in [-0.15, -0.1) is 0 Å². The topological polar surface area (TPSA) is 620 Å². The fraction of sp³-hybridized carbons (Fsp3) is 0.798. The first-order valence-electron chi connectivity index (χ1n) is 44.5. The summed E-state index contributed by atoms with van der Waals surface area (Å²) in [6, 6.07) is -3.30. The van der Waals surface area contributed by atoms with Crippen molar-refractivity contribution in [1.29, 1.82) is 5.26 Å². The number of ether oxygens (including phenoxy) is 21. The summed E-state index contributed by atoms with van der Waals surface area (Å²) in [5, 5.41) is 38.2. The summed E-state index contributed by atoms with van der Waals surface area (Å²) >= 11 is 0. The second-order valence-corrected chi connectivity index (χ2v) is 33.3. The van der Waals surface area contributed by atoms with Crippen LogP contribution in [-0.4, -0.2) is 390 Å². The Morgan fingerprint density at radius 3 is 1.17 bits per heavy atom. The first kappa shape index (κ1) is 116. The summed E-state index contributed by atoms with van der Waals surface area (Å²) in [6.45, 7) is 15.7. The second-order valence-electron chi connectivity index (χ2n) is 31.9. The highest BCUT2D eigenvalue weighted by atomic mass is 31.2.